The molecule has 0 bridgehead atoms. The van der Waals surface area contributed by atoms with E-state index in [0.29, 0.717) is 5.84 Å². The van der Waals surface area contributed by atoms with E-state index in [1.54, 1.807) is 0 Å². The molecule has 0 unspecified atom stereocenters. The Morgan fingerprint density at radius 1 is 0.509 bits per heavy atom. The first kappa shape index (κ1) is 32.8. The second-order valence-corrected chi connectivity index (χ2v) is 14.5. The first-order chi connectivity index (χ1) is 28.2. The lowest BCUT2D eigenvalue weighted by Crippen LogP contribution is -2.32. The van der Waals surface area contributed by atoms with Crippen molar-refractivity contribution in [3.8, 4) is 28.3 Å². The quantitative estimate of drug-likeness (QED) is 0.142. The summed E-state index contributed by atoms with van der Waals surface area (Å²) in [5.74, 6) is 2.39. The van der Waals surface area contributed by atoms with E-state index in [9.17, 15) is 0 Å². The van der Waals surface area contributed by atoms with Crippen molar-refractivity contribution in [3.05, 3.63) is 233 Å². The molecule has 1 aliphatic heterocycles. The van der Waals surface area contributed by atoms with Gasteiger partial charge in [0.15, 0.2) is 11.7 Å². The van der Waals surface area contributed by atoms with E-state index in [0.717, 1.165) is 56.0 Å². The van der Waals surface area contributed by atoms with Crippen LogP contribution in [0.2, 0.25) is 0 Å². The van der Waals surface area contributed by atoms with Gasteiger partial charge in [-0.2, -0.15) is 0 Å². The van der Waals surface area contributed by atoms with Gasteiger partial charge < -0.3 is 9.30 Å². The molecule has 2 heterocycles. The number of benzene rings is 8. The first-order valence-electron chi connectivity index (χ1n) is 19.2. The van der Waals surface area contributed by atoms with Crippen LogP contribution in [-0.4, -0.2) is 22.5 Å². The average Bonchev–Trinajstić information content (AvgIpc) is 3.75. The Morgan fingerprint density at radius 2 is 1.14 bits per heavy atom. The number of hydrogen-bond acceptors (Lipinski definition) is 2. The van der Waals surface area contributed by atoms with Crippen molar-refractivity contribution < 1.29 is 4.74 Å². The van der Waals surface area contributed by atoms with Crippen LogP contribution in [0.4, 0.5) is 0 Å². The number of aromatic nitrogens is 1. The number of ether oxygens (including phenoxy) is 1. The predicted octanol–water partition coefficient (Wildman–Crippen LogP) is 12.1. The minimum absolute atomic E-state index is 0.160. The SMILES string of the molecule is N=C(N=C(N=Cc1cccc(-n2c3ccccc3c3cc4c(cc32)C2(c3ccccc3Oc3ccccc32)c2ccccc2-4)c1)c1ccccc1)c1ccccc1. The van der Waals surface area contributed by atoms with Crippen molar-refractivity contribution in [2.45, 2.75) is 5.41 Å². The summed E-state index contributed by atoms with van der Waals surface area (Å²) in [6.07, 6.45) is 1.85. The Balaban J connectivity index is 1.11. The van der Waals surface area contributed by atoms with Crippen molar-refractivity contribution in [1.82, 2.24) is 4.57 Å². The third-order valence-electron chi connectivity index (χ3n) is 11.4. The van der Waals surface area contributed by atoms with Gasteiger partial charge in [-0.3, -0.25) is 5.41 Å². The lowest BCUT2D eigenvalue weighted by atomic mass is 9.66. The third kappa shape index (κ3) is 5.06. The molecule has 1 aromatic heterocycles. The van der Waals surface area contributed by atoms with Crippen LogP contribution in [0, 0.1) is 5.41 Å². The standard InChI is InChI=1S/C52H34N4O/c53-50(35-17-3-1-4-18-35)55-51(36-19-5-2-6-20-36)54-33-34-16-15-21-37(30-34)56-46-27-12-8-23-39(46)41-31-40-38-22-7-9-24-42(38)52(45(40)32-47(41)56)43-25-10-13-28-48(43)57-49-29-14-11-26-44(49)52/h1-33,53H. The van der Waals surface area contributed by atoms with Crippen molar-refractivity contribution in [2.24, 2.45) is 9.98 Å². The maximum Gasteiger partial charge on any atom is 0.161 e. The monoisotopic (exact) mass is 730 g/mol. The van der Waals surface area contributed by atoms with E-state index in [2.05, 4.69) is 138 Å². The predicted molar refractivity (Wildman–Crippen MR) is 232 cm³/mol. The lowest BCUT2D eigenvalue weighted by molar-refractivity contribution is 0.436. The summed E-state index contributed by atoms with van der Waals surface area (Å²) in [5.41, 5.74) is 12.5. The molecular formula is C52H34N4O. The Labute approximate surface area is 330 Å². The molecule has 0 radical (unpaired) electrons. The summed E-state index contributed by atoms with van der Waals surface area (Å²) < 4.78 is 8.99. The topological polar surface area (TPSA) is 62.7 Å². The number of amidine groups is 2. The maximum atomic E-state index is 8.75. The van der Waals surface area contributed by atoms with Crippen LogP contribution < -0.4 is 4.74 Å². The highest BCUT2D eigenvalue weighted by Gasteiger charge is 2.51. The third-order valence-corrected chi connectivity index (χ3v) is 11.4. The van der Waals surface area contributed by atoms with Gasteiger partial charge in [-0.25, -0.2) is 9.98 Å². The number of aliphatic imine (C=N–C) groups is 2. The number of rotatable bonds is 4. The van der Waals surface area contributed by atoms with E-state index >= 15 is 0 Å². The second kappa shape index (κ2) is 13.0. The Bertz CT molecular complexity index is 3080. The molecule has 1 aliphatic carbocycles. The zero-order chi connectivity index (χ0) is 37.9. The van der Waals surface area contributed by atoms with Gasteiger partial charge in [-0.15, -0.1) is 0 Å². The molecule has 2 aliphatic rings. The summed E-state index contributed by atoms with van der Waals surface area (Å²) in [7, 11) is 0. The summed E-state index contributed by atoms with van der Waals surface area (Å²) >= 11 is 0. The zero-order valence-electron chi connectivity index (χ0n) is 30.8. The minimum atomic E-state index is -0.567. The molecule has 8 aromatic carbocycles. The fraction of sp³-hybridized carbons (Fsp3) is 0.0192. The van der Waals surface area contributed by atoms with Crippen molar-refractivity contribution >= 4 is 39.7 Å². The summed E-state index contributed by atoms with van der Waals surface area (Å²) in [4.78, 5) is 9.61. The van der Waals surface area contributed by atoms with Gasteiger partial charge in [-0.1, -0.05) is 152 Å². The van der Waals surface area contributed by atoms with E-state index in [-0.39, 0.29) is 5.84 Å². The van der Waals surface area contributed by atoms with E-state index in [4.69, 9.17) is 20.1 Å². The smallest absolute Gasteiger partial charge is 0.161 e. The van der Waals surface area contributed by atoms with Crippen LogP contribution >= 0.6 is 0 Å². The minimum Gasteiger partial charge on any atom is -0.457 e. The molecule has 9 aromatic rings. The fourth-order valence-corrected chi connectivity index (χ4v) is 8.99. The molecule has 11 rings (SSSR count). The van der Waals surface area contributed by atoms with E-state index < -0.39 is 5.41 Å². The number of nitrogens with zero attached hydrogens (tertiary/aromatic N) is 3. The molecule has 0 amide bonds. The number of para-hydroxylation sites is 3. The van der Waals surface area contributed by atoms with Gasteiger partial charge in [0.1, 0.15) is 11.5 Å². The molecule has 0 saturated heterocycles. The second-order valence-electron chi connectivity index (χ2n) is 14.5. The Kier molecular flexibility index (Phi) is 7.47. The molecule has 1 spiro atoms. The largest absolute Gasteiger partial charge is 0.457 e. The van der Waals surface area contributed by atoms with Gasteiger partial charge in [0.25, 0.3) is 0 Å². The van der Waals surface area contributed by atoms with Crippen molar-refractivity contribution in [3.63, 3.8) is 0 Å². The van der Waals surface area contributed by atoms with Crippen LogP contribution in [0.25, 0.3) is 38.6 Å². The summed E-state index contributed by atoms with van der Waals surface area (Å²) in [6, 6.07) is 67.3. The van der Waals surface area contributed by atoms with Crippen LogP contribution in [0.5, 0.6) is 11.5 Å². The summed E-state index contributed by atoms with van der Waals surface area (Å²) in [5, 5.41) is 11.1. The molecule has 5 heteroatoms. The van der Waals surface area contributed by atoms with Crippen molar-refractivity contribution in [2.75, 3.05) is 0 Å². The van der Waals surface area contributed by atoms with Crippen LogP contribution in [0.3, 0.4) is 0 Å². The van der Waals surface area contributed by atoms with E-state index in [1.807, 2.05) is 66.9 Å². The number of fused-ring (bicyclic) bond motifs is 12. The zero-order valence-corrected chi connectivity index (χ0v) is 30.8. The highest BCUT2D eigenvalue weighted by atomic mass is 16.5. The van der Waals surface area contributed by atoms with Crippen LogP contribution in [0.15, 0.2) is 204 Å². The fourth-order valence-electron chi connectivity index (χ4n) is 8.99. The highest BCUT2D eigenvalue weighted by molar-refractivity contribution is 6.14. The highest BCUT2D eigenvalue weighted by Crippen LogP contribution is 2.62. The molecular weight excluding hydrogens is 697 g/mol. The maximum absolute atomic E-state index is 8.75. The van der Waals surface area contributed by atoms with E-state index in [1.165, 1.54) is 33.0 Å². The molecule has 0 saturated carbocycles. The lowest BCUT2D eigenvalue weighted by Gasteiger charge is -2.39. The number of nitrogens with one attached hydrogen (secondary N) is 1. The molecule has 5 nitrogen and oxygen atoms in total. The average molecular weight is 731 g/mol. The van der Waals surface area contributed by atoms with Gasteiger partial charge in [0.05, 0.1) is 16.4 Å². The normalized spacial score (nSPS) is 13.6. The van der Waals surface area contributed by atoms with Crippen LogP contribution in [-0.2, 0) is 5.41 Å². The molecule has 0 atom stereocenters. The van der Waals surface area contributed by atoms with Gasteiger partial charge in [-0.05, 0) is 70.3 Å². The molecule has 57 heavy (non-hydrogen) atoms. The Hall–Kier alpha value is -7.63. The van der Waals surface area contributed by atoms with Crippen molar-refractivity contribution in [1.29, 1.82) is 5.41 Å². The summed E-state index contributed by atoms with van der Waals surface area (Å²) in [6.45, 7) is 0. The van der Waals surface area contributed by atoms with Gasteiger partial charge >= 0.3 is 0 Å². The molecule has 268 valence electrons. The van der Waals surface area contributed by atoms with Crippen LogP contribution in [0.1, 0.15) is 38.9 Å². The Morgan fingerprint density at radius 3 is 1.89 bits per heavy atom. The molecule has 0 fully saturated rings. The molecule has 1 N–H and O–H groups in total. The first-order valence-corrected chi connectivity index (χ1v) is 19.2. The van der Waals surface area contributed by atoms with Gasteiger partial charge in [0, 0.05) is 44.9 Å². The van der Waals surface area contributed by atoms with Gasteiger partial charge in [0.2, 0.25) is 0 Å². The number of hydrogen-bond donors (Lipinski definition) is 1.